The minimum atomic E-state index is -0.297. The molecule has 1 amide bonds. The van der Waals surface area contributed by atoms with Crippen LogP contribution in [0, 0.1) is 0 Å². The number of rotatable bonds is 8. The molecule has 1 N–H and O–H groups in total. The third-order valence-corrected chi connectivity index (χ3v) is 3.99. The number of halogens is 1. The van der Waals surface area contributed by atoms with E-state index in [4.69, 9.17) is 16.3 Å². The van der Waals surface area contributed by atoms with Gasteiger partial charge in [0.2, 0.25) is 5.91 Å². The van der Waals surface area contributed by atoms with Gasteiger partial charge < -0.3 is 10.1 Å². The summed E-state index contributed by atoms with van der Waals surface area (Å²) in [5.74, 6) is 0.0477. The average Bonchev–Trinajstić information content (AvgIpc) is 2.60. The van der Waals surface area contributed by atoms with Crippen molar-refractivity contribution in [2.24, 2.45) is 0 Å². The lowest BCUT2D eigenvalue weighted by Crippen LogP contribution is -2.20. The molecular formula is C20H22ClNO3. The Balaban J connectivity index is 1.80. The Bertz CT molecular complexity index is 716. The quantitative estimate of drug-likeness (QED) is 0.425. The van der Waals surface area contributed by atoms with Gasteiger partial charge in [0, 0.05) is 19.9 Å². The molecule has 0 unspecified atom stereocenters. The Kier molecular flexibility index (Phi) is 7.48. The zero-order valence-electron chi connectivity index (χ0n) is 14.3. The van der Waals surface area contributed by atoms with Crippen LogP contribution in [0.5, 0.6) is 5.75 Å². The second-order valence-electron chi connectivity index (χ2n) is 5.78. The van der Waals surface area contributed by atoms with Gasteiger partial charge in [-0.15, -0.1) is 0 Å². The van der Waals surface area contributed by atoms with Crippen LogP contribution in [-0.4, -0.2) is 18.4 Å². The summed E-state index contributed by atoms with van der Waals surface area (Å²) in [6.45, 7) is 2.13. The van der Waals surface area contributed by atoms with Crippen LogP contribution in [0.15, 0.2) is 48.5 Å². The lowest BCUT2D eigenvalue weighted by atomic mass is 10.1. The molecule has 0 saturated heterocycles. The Morgan fingerprint density at radius 2 is 1.76 bits per heavy atom. The van der Waals surface area contributed by atoms with Crippen LogP contribution in [0.25, 0.3) is 11.1 Å². The largest absolute Gasteiger partial charge is 0.425 e. The third kappa shape index (κ3) is 6.59. The molecule has 0 bridgehead atoms. The molecule has 0 fully saturated rings. The highest BCUT2D eigenvalue weighted by atomic mass is 35.5. The van der Waals surface area contributed by atoms with E-state index < -0.39 is 0 Å². The van der Waals surface area contributed by atoms with Crippen LogP contribution in [0.3, 0.4) is 0 Å². The van der Waals surface area contributed by atoms with E-state index in [9.17, 15) is 9.59 Å². The van der Waals surface area contributed by atoms with Crippen molar-refractivity contribution in [1.29, 1.82) is 0 Å². The number of ether oxygens (including phenoxy) is 1. The van der Waals surface area contributed by atoms with Crippen LogP contribution in [0.1, 0.15) is 32.6 Å². The summed E-state index contributed by atoms with van der Waals surface area (Å²) in [7, 11) is 0. The van der Waals surface area contributed by atoms with Gasteiger partial charge >= 0.3 is 5.97 Å². The highest BCUT2D eigenvalue weighted by molar-refractivity contribution is 6.32. The Morgan fingerprint density at radius 1 is 1.00 bits per heavy atom. The first-order valence-corrected chi connectivity index (χ1v) is 8.74. The Labute approximate surface area is 153 Å². The maximum absolute atomic E-state index is 11.9. The zero-order chi connectivity index (χ0) is 18.1. The van der Waals surface area contributed by atoms with Gasteiger partial charge in [0.1, 0.15) is 5.75 Å². The Morgan fingerprint density at radius 3 is 2.44 bits per heavy atom. The summed E-state index contributed by atoms with van der Waals surface area (Å²) in [6, 6.07) is 15.3. The summed E-state index contributed by atoms with van der Waals surface area (Å²) >= 11 is 6.24. The van der Waals surface area contributed by atoms with E-state index in [-0.39, 0.29) is 11.9 Å². The molecule has 2 rings (SSSR count). The molecule has 0 aliphatic heterocycles. The lowest BCUT2D eigenvalue weighted by molar-refractivity contribution is -0.134. The number of hydrogen-bond donors (Lipinski definition) is 1. The number of carbonyl (C=O) groups excluding carboxylic acids is 2. The molecule has 0 radical (unpaired) electrons. The van der Waals surface area contributed by atoms with E-state index >= 15 is 0 Å². The minimum Gasteiger partial charge on any atom is -0.425 e. The molecule has 25 heavy (non-hydrogen) atoms. The van der Waals surface area contributed by atoms with Gasteiger partial charge in [-0.1, -0.05) is 54.4 Å². The molecule has 0 aliphatic rings. The highest BCUT2D eigenvalue weighted by Crippen LogP contribution is 2.30. The Hall–Kier alpha value is -2.33. The summed E-state index contributed by atoms with van der Waals surface area (Å²) in [5, 5.41) is 3.14. The number of amides is 1. The summed E-state index contributed by atoms with van der Waals surface area (Å²) < 4.78 is 5.34. The van der Waals surface area contributed by atoms with Gasteiger partial charge in [-0.2, -0.15) is 0 Å². The maximum Gasteiger partial charge on any atom is 0.311 e. The molecule has 0 atom stereocenters. The van der Waals surface area contributed by atoms with Crippen molar-refractivity contribution < 1.29 is 14.3 Å². The number of unbranched alkanes of at least 4 members (excludes halogenated alkanes) is 2. The van der Waals surface area contributed by atoms with Crippen molar-refractivity contribution in [2.45, 2.75) is 32.6 Å². The first kappa shape index (κ1) is 19.0. The van der Waals surface area contributed by atoms with Gasteiger partial charge in [0.15, 0.2) is 0 Å². The summed E-state index contributed by atoms with van der Waals surface area (Å²) in [6.07, 6.45) is 2.75. The molecule has 2 aromatic rings. The lowest BCUT2D eigenvalue weighted by Gasteiger charge is -2.08. The molecule has 0 saturated carbocycles. The van der Waals surface area contributed by atoms with Crippen molar-refractivity contribution >= 4 is 23.5 Å². The number of esters is 1. The average molecular weight is 360 g/mol. The fourth-order valence-electron chi connectivity index (χ4n) is 2.40. The van der Waals surface area contributed by atoms with Gasteiger partial charge in [0.25, 0.3) is 0 Å². The van der Waals surface area contributed by atoms with Crippen molar-refractivity contribution in [3.63, 3.8) is 0 Å². The van der Waals surface area contributed by atoms with Gasteiger partial charge in [-0.25, -0.2) is 0 Å². The van der Waals surface area contributed by atoms with Crippen LogP contribution < -0.4 is 10.1 Å². The fraction of sp³-hybridized carbons (Fsp3) is 0.300. The standard InChI is InChI=1S/C20H22ClNO3/c1-15(23)22-13-7-3-6-10-20(24)25-19-12-11-17(14-18(19)21)16-8-4-2-5-9-16/h2,4-5,8-9,11-12,14H,3,6-7,10,13H2,1H3,(H,22,23). The molecule has 5 heteroatoms. The van der Waals surface area contributed by atoms with Crippen molar-refractivity contribution in [3.8, 4) is 16.9 Å². The van der Waals surface area contributed by atoms with Crippen LogP contribution in [0.2, 0.25) is 5.02 Å². The van der Waals surface area contributed by atoms with Gasteiger partial charge in [0.05, 0.1) is 5.02 Å². The normalized spacial score (nSPS) is 10.3. The first-order valence-electron chi connectivity index (χ1n) is 8.36. The second kappa shape index (κ2) is 9.84. The van der Waals surface area contributed by atoms with Crippen molar-refractivity contribution in [2.75, 3.05) is 6.54 Å². The molecule has 2 aromatic carbocycles. The van der Waals surface area contributed by atoms with Gasteiger partial charge in [-0.05, 0) is 36.1 Å². The molecule has 0 spiro atoms. The van der Waals surface area contributed by atoms with Crippen molar-refractivity contribution in [1.82, 2.24) is 5.32 Å². The molecule has 132 valence electrons. The van der Waals surface area contributed by atoms with E-state index in [0.29, 0.717) is 23.7 Å². The number of nitrogens with one attached hydrogen (secondary N) is 1. The first-order chi connectivity index (χ1) is 12.1. The molecule has 0 aliphatic carbocycles. The molecule has 0 aromatic heterocycles. The summed E-state index contributed by atoms with van der Waals surface area (Å²) in [5.41, 5.74) is 2.03. The maximum atomic E-state index is 11.9. The predicted octanol–water partition coefficient (Wildman–Crippen LogP) is 4.61. The third-order valence-electron chi connectivity index (χ3n) is 3.69. The predicted molar refractivity (Wildman–Crippen MR) is 99.7 cm³/mol. The fourth-order valence-corrected chi connectivity index (χ4v) is 2.62. The van der Waals surface area contributed by atoms with E-state index in [0.717, 1.165) is 30.4 Å². The number of hydrogen-bond acceptors (Lipinski definition) is 3. The zero-order valence-corrected chi connectivity index (χ0v) is 15.0. The topological polar surface area (TPSA) is 55.4 Å². The van der Waals surface area contributed by atoms with Crippen molar-refractivity contribution in [3.05, 3.63) is 53.6 Å². The van der Waals surface area contributed by atoms with Crippen LogP contribution >= 0.6 is 11.6 Å². The SMILES string of the molecule is CC(=O)NCCCCCC(=O)Oc1ccc(-c2ccccc2)cc1Cl. The smallest absolute Gasteiger partial charge is 0.311 e. The minimum absolute atomic E-state index is 0.0343. The highest BCUT2D eigenvalue weighted by Gasteiger charge is 2.09. The van der Waals surface area contributed by atoms with E-state index in [1.54, 1.807) is 12.1 Å². The van der Waals surface area contributed by atoms with E-state index in [1.807, 2.05) is 36.4 Å². The van der Waals surface area contributed by atoms with E-state index in [1.165, 1.54) is 6.92 Å². The monoisotopic (exact) mass is 359 g/mol. The molecule has 4 nitrogen and oxygen atoms in total. The summed E-state index contributed by atoms with van der Waals surface area (Å²) in [4.78, 5) is 22.6. The number of benzene rings is 2. The molecule has 0 heterocycles. The van der Waals surface area contributed by atoms with Crippen LogP contribution in [0.4, 0.5) is 0 Å². The van der Waals surface area contributed by atoms with Gasteiger partial charge in [-0.3, -0.25) is 9.59 Å². The van der Waals surface area contributed by atoms with Crippen LogP contribution in [-0.2, 0) is 9.59 Å². The number of carbonyl (C=O) groups is 2. The van der Waals surface area contributed by atoms with E-state index in [2.05, 4.69) is 5.32 Å². The second-order valence-corrected chi connectivity index (χ2v) is 6.19. The molecular weight excluding hydrogens is 338 g/mol.